The summed E-state index contributed by atoms with van der Waals surface area (Å²) in [6.45, 7) is 0. The smallest absolute Gasteiger partial charge is 0.213 e. The molecule has 0 bridgehead atoms. The van der Waals surface area contributed by atoms with Crippen LogP contribution in [0.5, 0.6) is 5.75 Å². The second-order valence-corrected chi connectivity index (χ2v) is 4.60. The lowest BCUT2D eigenvalue weighted by atomic mass is 9.76. The van der Waals surface area contributed by atoms with Gasteiger partial charge >= 0.3 is 0 Å². The van der Waals surface area contributed by atoms with Crippen molar-refractivity contribution < 1.29 is 9.26 Å². The fourth-order valence-corrected chi connectivity index (χ4v) is 2.61. The van der Waals surface area contributed by atoms with E-state index in [9.17, 15) is 0 Å². The van der Waals surface area contributed by atoms with E-state index >= 15 is 0 Å². The summed E-state index contributed by atoms with van der Waals surface area (Å²) in [5.41, 5.74) is 8.12. The van der Waals surface area contributed by atoms with Gasteiger partial charge < -0.3 is 15.0 Å². The Morgan fingerprint density at radius 1 is 1.44 bits per heavy atom. The Labute approximate surface area is 105 Å². The van der Waals surface area contributed by atoms with E-state index in [1.54, 1.807) is 7.11 Å². The first-order valence-electron chi connectivity index (χ1n) is 5.97. The first kappa shape index (κ1) is 11.2. The van der Waals surface area contributed by atoms with Crippen molar-refractivity contribution in [1.82, 2.24) is 10.1 Å². The molecular weight excluding hydrogens is 230 g/mol. The maximum Gasteiger partial charge on any atom is 0.213 e. The monoisotopic (exact) mass is 245 g/mol. The van der Waals surface area contributed by atoms with Crippen molar-refractivity contribution in [3.8, 4) is 5.75 Å². The Bertz CT molecular complexity index is 553. The van der Waals surface area contributed by atoms with E-state index in [-0.39, 0.29) is 0 Å². The molecule has 0 saturated carbocycles. The van der Waals surface area contributed by atoms with Crippen LogP contribution in [-0.4, -0.2) is 17.3 Å². The van der Waals surface area contributed by atoms with Gasteiger partial charge in [0.05, 0.1) is 7.11 Å². The van der Waals surface area contributed by atoms with Crippen LogP contribution in [0.25, 0.3) is 0 Å². The van der Waals surface area contributed by atoms with Crippen molar-refractivity contribution in [2.45, 2.75) is 24.8 Å². The van der Waals surface area contributed by atoms with Crippen molar-refractivity contribution in [3.63, 3.8) is 0 Å². The molecule has 0 saturated heterocycles. The molecule has 94 valence electrons. The average Bonchev–Trinajstić information content (AvgIpc) is 2.93. The third kappa shape index (κ3) is 1.59. The third-order valence-corrected chi connectivity index (χ3v) is 3.58. The molecule has 0 spiro atoms. The van der Waals surface area contributed by atoms with Gasteiger partial charge in [0.1, 0.15) is 11.3 Å². The number of ether oxygens (including phenoxy) is 1. The van der Waals surface area contributed by atoms with Crippen LogP contribution >= 0.6 is 0 Å². The van der Waals surface area contributed by atoms with Crippen molar-refractivity contribution in [1.29, 1.82) is 0 Å². The molecule has 2 aromatic rings. The quantitative estimate of drug-likeness (QED) is 0.870. The van der Waals surface area contributed by atoms with Crippen LogP contribution in [0, 0.1) is 0 Å². The number of nitrogens with zero attached hydrogens (tertiary/aromatic N) is 2. The summed E-state index contributed by atoms with van der Waals surface area (Å²) in [6.07, 6.45) is 4.17. The number of methoxy groups -OCH3 is 1. The average molecular weight is 245 g/mol. The van der Waals surface area contributed by atoms with E-state index in [4.69, 9.17) is 15.0 Å². The zero-order valence-corrected chi connectivity index (χ0v) is 10.2. The lowest BCUT2D eigenvalue weighted by Crippen LogP contribution is -2.42. The van der Waals surface area contributed by atoms with Gasteiger partial charge in [0, 0.05) is 0 Å². The van der Waals surface area contributed by atoms with E-state index in [1.807, 2.05) is 12.1 Å². The summed E-state index contributed by atoms with van der Waals surface area (Å²) in [6, 6.07) is 6.00. The highest BCUT2D eigenvalue weighted by Gasteiger charge is 2.38. The number of hydrogen-bond donors (Lipinski definition) is 1. The summed E-state index contributed by atoms with van der Waals surface area (Å²) in [5, 5.41) is 3.91. The Kier molecular flexibility index (Phi) is 2.56. The highest BCUT2D eigenvalue weighted by atomic mass is 16.5. The second-order valence-electron chi connectivity index (χ2n) is 4.60. The lowest BCUT2D eigenvalue weighted by Gasteiger charge is -2.33. The van der Waals surface area contributed by atoms with Gasteiger partial charge in [-0.25, -0.2) is 0 Å². The fourth-order valence-electron chi connectivity index (χ4n) is 2.61. The molecule has 0 aliphatic heterocycles. The summed E-state index contributed by atoms with van der Waals surface area (Å²) in [7, 11) is 1.65. The molecule has 3 rings (SSSR count). The van der Waals surface area contributed by atoms with E-state index in [1.165, 1.54) is 12.0 Å². The molecule has 2 N–H and O–H groups in total. The Morgan fingerprint density at radius 2 is 2.33 bits per heavy atom. The number of aryl methyl sites for hydroxylation is 1. The minimum Gasteiger partial charge on any atom is -0.497 e. The predicted octanol–water partition coefficient (Wildman–Crippen LogP) is 1.62. The van der Waals surface area contributed by atoms with Gasteiger partial charge in [-0.15, -0.1) is 0 Å². The molecule has 1 unspecified atom stereocenters. The number of benzene rings is 1. The molecule has 1 atom stereocenters. The second kappa shape index (κ2) is 4.10. The van der Waals surface area contributed by atoms with Crippen molar-refractivity contribution in [2.24, 2.45) is 5.73 Å². The molecule has 0 radical (unpaired) electrons. The van der Waals surface area contributed by atoms with Gasteiger partial charge in [0.2, 0.25) is 6.39 Å². The third-order valence-electron chi connectivity index (χ3n) is 3.58. The first-order valence-corrected chi connectivity index (χ1v) is 5.97. The molecule has 18 heavy (non-hydrogen) atoms. The van der Waals surface area contributed by atoms with Crippen LogP contribution in [0.3, 0.4) is 0 Å². The zero-order chi connectivity index (χ0) is 12.6. The van der Waals surface area contributed by atoms with Gasteiger partial charge in [0.15, 0.2) is 5.82 Å². The summed E-state index contributed by atoms with van der Waals surface area (Å²) >= 11 is 0. The number of fused-ring (bicyclic) bond motifs is 1. The van der Waals surface area contributed by atoms with Crippen LogP contribution in [0.15, 0.2) is 29.1 Å². The molecule has 0 amide bonds. The summed E-state index contributed by atoms with van der Waals surface area (Å²) < 4.78 is 10.1. The van der Waals surface area contributed by atoms with E-state index in [0.717, 1.165) is 30.6 Å². The molecule has 5 heteroatoms. The number of nitrogens with two attached hydrogens (primary N) is 1. The van der Waals surface area contributed by atoms with Gasteiger partial charge in [-0.3, -0.25) is 0 Å². The standard InChI is InChI=1S/C13H15N3O2/c1-17-10-5-4-9-3-2-6-13(14,11(9)7-10)12-15-8-18-16-12/h4-5,7-8H,2-3,6,14H2,1H3. The Morgan fingerprint density at radius 3 is 3.06 bits per heavy atom. The fraction of sp³-hybridized carbons (Fsp3) is 0.385. The van der Waals surface area contributed by atoms with Crippen molar-refractivity contribution in [2.75, 3.05) is 7.11 Å². The van der Waals surface area contributed by atoms with Gasteiger partial charge in [-0.2, -0.15) is 4.98 Å². The predicted molar refractivity (Wildman–Crippen MR) is 65.2 cm³/mol. The maximum atomic E-state index is 6.52. The molecule has 1 aromatic heterocycles. The molecular formula is C13H15N3O2. The molecule has 1 aromatic carbocycles. The highest BCUT2D eigenvalue weighted by molar-refractivity contribution is 5.44. The summed E-state index contributed by atoms with van der Waals surface area (Å²) in [4.78, 5) is 4.12. The van der Waals surface area contributed by atoms with Gasteiger partial charge in [0.25, 0.3) is 0 Å². The first-order chi connectivity index (χ1) is 8.74. The highest BCUT2D eigenvalue weighted by Crippen LogP contribution is 2.38. The van der Waals surface area contributed by atoms with E-state index < -0.39 is 5.54 Å². The van der Waals surface area contributed by atoms with Crippen LogP contribution in [0.1, 0.15) is 29.8 Å². The van der Waals surface area contributed by atoms with E-state index in [2.05, 4.69) is 16.2 Å². The number of hydrogen-bond acceptors (Lipinski definition) is 5. The molecule has 1 aliphatic rings. The number of aromatic nitrogens is 2. The SMILES string of the molecule is COc1ccc2c(c1)C(N)(c1ncon1)CCC2. The van der Waals surface area contributed by atoms with Gasteiger partial charge in [-0.1, -0.05) is 11.2 Å². The maximum absolute atomic E-state index is 6.52. The van der Waals surface area contributed by atoms with Crippen molar-refractivity contribution >= 4 is 0 Å². The molecule has 1 aliphatic carbocycles. The van der Waals surface area contributed by atoms with Crippen LogP contribution in [0.2, 0.25) is 0 Å². The minimum absolute atomic E-state index is 0.539. The van der Waals surface area contributed by atoms with Crippen LogP contribution < -0.4 is 10.5 Å². The molecule has 1 heterocycles. The van der Waals surface area contributed by atoms with Crippen molar-refractivity contribution in [3.05, 3.63) is 41.5 Å². The minimum atomic E-state index is -0.672. The van der Waals surface area contributed by atoms with Crippen LogP contribution in [-0.2, 0) is 12.0 Å². The molecule has 0 fully saturated rings. The Hall–Kier alpha value is -1.88. The largest absolute Gasteiger partial charge is 0.497 e. The van der Waals surface area contributed by atoms with E-state index in [0.29, 0.717) is 5.82 Å². The summed E-state index contributed by atoms with van der Waals surface area (Å²) in [5.74, 6) is 1.34. The molecule has 5 nitrogen and oxygen atoms in total. The Balaban J connectivity index is 2.16. The lowest BCUT2D eigenvalue weighted by molar-refractivity contribution is 0.363. The van der Waals surface area contributed by atoms with Crippen LogP contribution in [0.4, 0.5) is 0 Å². The zero-order valence-electron chi connectivity index (χ0n) is 10.2. The normalized spacial score (nSPS) is 22.6. The number of rotatable bonds is 2. The topological polar surface area (TPSA) is 74.2 Å². The van der Waals surface area contributed by atoms with Gasteiger partial charge in [-0.05, 0) is 42.5 Å².